The first kappa shape index (κ1) is 18.2. The first-order chi connectivity index (χ1) is 10.2. The highest BCUT2D eigenvalue weighted by molar-refractivity contribution is 6.31. The Morgan fingerprint density at radius 3 is 2.59 bits per heavy atom. The second-order valence-electron chi connectivity index (χ2n) is 5.54. The van der Waals surface area contributed by atoms with E-state index in [4.69, 9.17) is 21.1 Å². The van der Waals surface area contributed by atoms with E-state index in [9.17, 15) is 14.0 Å². The van der Waals surface area contributed by atoms with E-state index in [1.54, 1.807) is 20.8 Å². The molecule has 0 aliphatic heterocycles. The summed E-state index contributed by atoms with van der Waals surface area (Å²) in [6.07, 6.45) is -0.664. The van der Waals surface area contributed by atoms with Crippen molar-refractivity contribution in [2.45, 2.75) is 39.4 Å². The molecule has 0 unspecified atom stereocenters. The fraction of sp³-hybridized carbons (Fsp3) is 0.467. The van der Waals surface area contributed by atoms with Gasteiger partial charge in [-0.1, -0.05) is 17.7 Å². The van der Waals surface area contributed by atoms with Gasteiger partial charge in [-0.2, -0.15) is 0 Å². The molecular weight excluding hydrogens is 313 g/mol. The van der Waals surface area contributed by atoms with E-state index >= 15 is 0 Å². The number of carbonyl (C=O) groups is 2. The molecule has 7 heteroatoms. The van der Waals surface area contributed by atoms with E-state index in [0.717, 1.165) is 0 Å². The monoisotopic (exact) mass is 331 g/mol. The number of hydrogen-bond acceptors (Lipinski definition) is 4. The molecule has 0 saturated heterocycles. The number of nitrogens with one attached hydrogen (secondary N) is 1. The average Bonchev–Trinajstić information content (AvgIpc) is 2.36. The fourth-order valence-corrected chi connectivity index (χ4v) is 1.69. The quantitative estimate of drug-likeness (QED) is 0.839. The largest absolute Gasteiger partial charge is 0.461 e. The minimum Gasteiger partial charge on any atom is -0.461 e. The Hall–Kier alpha value is -1.82. The van der Waals surface area contributed by atoms with Crippen molar-refractivity contribution in [3.05, 3.63) is 34.6 Å². The lowest BCUT2D eigenvalue weighted by Gasteiger charge is -2.19. The van der Waals surface area contributed by atoms with E-state index in [-0.39, 0.29) is 30.2 Å². The summed E-state index contributed by atoms with van der Waals surface area (Å²) in [5.41, 5.74) is -0.482. The first-order valence-corrected chi connectivity index (χ1v) is 7.12. The van der Waals surface area contributed by atoms with Crippen molar-refractivity contribution in [3.63, 3.8) is 0 Å². The van der Waals surface area contributed by atoms with Gasteiger partial charge in [-0.25, -0.2) is 9.18 Å². The molecule has 0 saturated carbocycles. The van der Waals surface area contributed by atoms with Crippen molar-refractivity contribution in [2.75, 3.05) is 6.54 Å². The van der Waals surface area contributed by atoms with Crippen LogP contribution in [0.5, 0.6) is 0 Å². The summed E-state index contributed by atoms with van der Waals surface area (Å²) in [5, 5.41) is 2.62. The van der Waals surface area contributed by atoms with Gasteiger partial charge in [-0.15, -0.1) is 0 Å². The van der Waals surface area contributed by atoms with Gasteiger partial charge < -0.3 is 14.8 Å². The predicted molar refractivity (Wildman–Crippen MR) is 80.1 cm³/mol. The molecule has 1 aromatic rings. The Morgan fingerprint density at radius 1 is 1.32 bits per heavy atom. The summed E-state index contributed by atoms with van der Waals surface area (Å²) >= 11 is 5.82. The van der Waals surface area contributed by atoms with Crippen LogP contribution in [-0.2, 0) is 20.9 Å². The normalized spacial score (nSPS) is 11.0. The summed E-state index contributed by atoms with van der Waals surface area (Å²) in [5.74, 6) is -1.11. The van der Waals surface area contributed by atoms with Crippen LogP contribution in [0.1, 0.15) is 32.8 Å². The lowest BCUT2D eigenvalue weighted by atomic mass is 10.2. The third kappa shape index (κ3) is 6.76. The van der Waals surface area contributed by atoms with Gasteiger partial charge in [0.2, 0.25) is 0 Å². The maximum atomic E-state index is 13.5. The number of esters is 1. The Labute approximate surface area is 133 Å². The number of amides is 1. The summed E-state index contributed by atoms with van der Waals surface area (Å²) in [6, 6.07) is 4.21. The molecule has 0 fully saturated rings. The van der Waals surface area contributed by atoms with Crippen LogP contribution in [0, 0.1) is 5.82 Å². The second-order valence-corrected chi connectivity index (χ2v) is 5.95. The SMILES string of the molecule is CC(C)(C)OC(=O)NCCC(=O)OCc1c(F)cccc1Cl. The van der Waals surface area contributed by atoms with E-state index in [0.29, 0.717) is 0 Å². The Balaban J connectivity index is 2.31. The van der Waals surface area contributed by atoms with Gasteiger partial charge in [0.15, 0.2) is 0 Å². The molecule has 0 heterocycles. The molecule has 0 bridgehead atoms. The van der Waals surface area contributed by atoms with E-state index in [1.165, 1.54) is 18.2 Å². The zero-order valence-electron chi connectivity index (χ0n) is 12.7. The zero-order chi connectivity index (χ0) is 16.8. The second kappa shape index (κ2) is 7.98. The smallest absolute Gasteiger partial charge is 0.407 e. The van der Waals surface area contributed by atoms with Crippen LogP contribution < -0.4 is 5.32 Å². The molecule has 22 heavy (non-hydrogen) atoms. The summed E-state index contributed by atoms with van der Waals surface area (Å²) < 4.78 is 23.4. The van der Waals surface area contributed by atoms with Crippen molar-refractivity contribution < 1.29 is 23.5 Å². The third-order valence-electron chi connectivity index (χ3n) is 2.44. The van der Waals surface area contributed by atoms with Crippen LogP contribution >= 0.6 is 11.6 Å². The number of halogens is 2. The van der Waals surface area contributed by atoms with Gasteiger partial charge in [0.1, 0.15) is 18.0 Å². The Kier molecular flexibility index (Phi) is 6.61. The number of ether oxygens (including phenoxy) is 2. The molecule has 1 amide bonds. The number of alkyl carbamates (subject to hydrolysis) is 1. The number of hydrogen-bond donors (Lipinski definition) is 1. The molecule has 0 radical (unpaired) electrons. The molecule has 0 aromatic heterocycles. The summed E-state index contributed by atoms with van der Waals surface area (Å²) in [4.78, 5) is 22.9. The van der Waals surface area contributed by atoms with E-state index < -0.39 is 23.5 Å². The van der Waals surface area contributed by atoms with Crippen LogP contribution in [0.25, 0.3) is 0 Å². The lowest BCUT2D eigenvalue weighted by Crippen LogP contribution is -2.33. The van der Waals surface area contributed by atoms with Crippen molar-refractivity contribution in [1.82, 2.24) is 5.32 Å². The van der Waals surface area contributed by atoms with Crippen LogP contribution in [-0.4, -0.2) is 24.2 Å². The maximum Gasteiger partial charge on any atom is 0.407 e. The van der Waals surface area contributed by atoms with Crippen molar-refractivity contribution in [3.8, 4) is 0 Å². The van der Waals surface area contributed by atoms with Crippen molar-refractivity contribution >= 4 is 23.7 Å². The highest BCUT2D eigenvalue weighted by atomic mass is 35.5. The number of benzene rings is 1. The third-order valence-corrected chi connectivity index (χ3v) is 2.79. The topological polar surface area (TPSA) is 64.6 Å². The molecular formula is C15H19ClFNO4. The molecule has 1 rings (SSSR count). The minimum atomic E-state index is -0.613. The van der Waals surface area contributed by atoms with Gasteiger partial charge in [-0.05, 0) is 32.9 Å². The summed E-state index contributed by atoms with van der Waals surface area (Å²) in [7, 11) is 0. The molecule has 0 atom stereocenters. The van der Waals surface area contributed by atoms with E-state index in [2.05, 4.69) is 5.32 Å². The predicted octanol–water partition coefficient (Wildman–Crippen LogP) is 3.44. The van der Waals surface area contributed by atoms with Crippen LogP contribution in [0.3, 0.4) is 0 Å². The van der Waals surface area contributed by atoms with Gasteiger partial charge in [0.05, 0.1) is 11.4 Å². The molecule has 1 aromatic carbocycles. The number of rotatable bonds is 5. The van der Waals surface area contributed by atoms with Crippen LogP contribution in [0.15, 0.2) is 18.2 Å². The molecule has 0 aliphatic carbocycles. The molecule has 0 aliphatic rings. The molecule has 5 nitrogen and oxygen atoms in total. The highest BCUT2D eigenvalue weighted by Crippen LogP contribution is 2.19. The maximum absolute atomic E-state index is 13.5. The molecule has 1 N–H and O–H groups in total. The zero-order valence-corrected chi connectivity index (χ0v) is 13.5. The van der Waals surface area contributed by atoms with Crippen molar-refractivity contribution in [2.24, 2.45) is 0 Å². The standard InChI is InChI=1S/C15H19ClFNO4/c1-15(2,3)22-14(20)18-8-7-13(19)21-9-10-11(16)5-4-6-12(10)17/h4-6H,7-9H2,1-3H3,(H,18,20). The number of carbonyl (C=O) groups excluding carboxylic acids is 2. The average molecular weight is 332 g/mol. The minimum absolute atomic E-state index is 0.0503. The lowest BCUT2D eigenvalue weighted by molar-refractivity contribution is -0.144. The molecule has 0 spiro atoms. The highest BCUT2D eigenvalue weighted by Gasteiger charge is 2.16. The van der Waals surface area contributed by atoms with Gasteiger partial charge in [0, 0.05) is 12.1 Å². The summed E-state index contributed by atoms with van der Waals surface area (Å²) in [6.45, 7) is 5.02. The van der Waals surface area contributed by atoms with Gasteiger partial charge >= 0.3 is 12.1 Å². The fourth-order valence-electron chi connectivity index (χ4n) is 1.48. The van der Waals surface area contributed by atoms with Gasteiger partial charge in [0.25, 0.3) is 0 Å². The van der Waals surface area contributed by atoms with Gasteiger partial charge in [-0.3, -0.25) is 4.79 Å². The van der Waals surface area contributed by atoms with Crippen molar-refractivity contribution in [1.29, 1.82) is 0 Å². The Morgan fingerprint density at radius 2 is 2.00 bits per heavy atom. The molecule has 122 valence electrons. The first-order valence-electron chi connectivity index (χ1n) is 6.74. The Bertz CT molecular complexity index is 523. The van der Waals surface area contributed by atoms with Crippen LogP contribution in [0.2, 0.25) is 5.02 Å². The van der Waals surface area contributed by atoms with E-state index in [1.807, 2.05) is 0 Å². The van der Waals surface area contributed by atoms with Crippen LogP contribution in [0.4, 0.5) is 9.18 Å².